The molecule has 0 radical (unpaired) electrons. The van der Waals surface area contributed by atoms with Crippen LogP contribution in [0, 0.1) is 13.8 Å². The second-order valence-corrected chi connectivity index (χ2v) is 6.31. The van der Waals surface area contributed by atoms with Crippen molar-refractivity contribution in [3.05, 3.63) is 34.9 Å². The van der Waals surface area contributed by atoms with Gasteiger partial charge < -0.3 is 9.64 Å². The zero-order valence-electron chi connectivity index (χ0n) is 13.7. The molecule has 21 heavy (non-hydrogen) atoms. The van der Waals surface area contributed by atoms with Gasteiger partial charge in [0.2, 0.25) is 5.91 Å². The minimum Gasteiger partial charge on any atom is -0.377 e. The summed E-state index contributed by atoms with van der Waals surface area (Å²) in [5.41, 5.74) is 3.98. The van der Waals surface area contributed by atoms with Crippen molar-refractivity contribution in [2.24, 2.45) is 0 Å². The monoisotopic (exact) mass is 289 g/mol. The van der Waals surface area contributed by atoms with Crippen LogP contribution in [0.25, 0.3) is 0 Å². The summed E-state index contributed by atoms with van der Waals surface area (Å²) in [7, 11) is 0. The molecule has 0 spiro atoms. The molecule has 0 aromatic heterocycles. The maximum atomic E-state index is 12.4. The van der Waals surface area contributed by atoms with E-state index in [0.717, 1.165) is 12.8 Å². The Morgan fingerprint density at radius 3 is 2.48 bits per heavy atom. The van der Waals surface area contributed by atoms with E-state index >= 15 is 0 Å². The molecule has 1 amide bonds. The molecule has 3 nitrogen and oxygen atoms in total. The molecular weight excluding hydrogens is 262 g/mol. The Kier molecular flexibility index (Phi) is 5.40. The molecule has 3 heteroatoms. The first-order chi connectivity index (χ1) is 9.99. The molecule has 1 fully saturated rings. The molecule has 1 aromatic carbocycles. The normalized spacial score (nSPS) is 22.4. The maximum Gasteiger partial charge on any atom is 0.223 e. The predicted molar refractivity (Wildman–Crippen MR) is 85.4 cm³/mol. The number of rotatable bonds is 4. The number of carbonyl (C=O) groups is 1. The van der Waals surface area contributed by atoms with E-state index in [1.54, 1.807) is 0 Å². The molecule has 1 saturated heterocycles. The van der Waals surface area contributed by atoms with Crippen molar-refractivity contribution >= 4 is 5.91 Å². The Labute approximate surface area is 128 Å². The molecule has 2 unspecified atom stereocenters. The number of amides is 1. The fourth-order valence-corrected chi connectivity index (χ4v) is 3.03. The lowest BCUT2D eigenvalue weighted by Crippen LogP contribution is -2.52. The number of ether oxygens (including phenoxy) is 1. The summed E-state index contributed by atoms with van der Waals surface area (Å²) in [6.07, 6.45) is 2.51. The zero-order valence-corrected chi connectivity index (χ0v) is 13.7. The van der Waals surface area contributed by atoms with Crippen LogP contribution in [-0.4, -0.2) is 36.1 Å². The summed E-state index contributed by atoms with van der Waals surface area (Å²) in [4.78, 5) is 14.4. The van der Waals surface area contributed by atoms with Crippen LogP contribution in [0.2, 0.25) is 0 Å². The van der Waals surface area contributed by atoms with Crippen LogP contribution < -0.4 is 0 Å². The molecule has 2 rings (SSSR count). The highest BCUT2D eigenvalue weighted by Crippen LogP contribution is 2.17. The van der Waals surface area contributed by atoms with Crippen LogP contribution in [0.1, 0.15) is 43.4 Å². The fourth-order valence-electron chi connectivity index (χ4n) is 3.03. The maximum absolute atomic E-state index is 12.4. The molecule has 116 valence electrons. The Morgan fingerprint density at radius 2 is 1.86 bits per heavy atom. The molecule has 0 aliphatic carbocycles. The highest BCUT2D eigenvalue weighted by atomic mass is 16.5. The van der Waals surface area contributed by atoms with Gasteiger partial charge in [0.05, 0.1) is 25.3 Å². The minimum atomic E-state index is 0.197. The van der Waals surface area contributed by atoms with Gasteiger partial charge in [0, 0.05) is 6.42 Å². The van der Waals surface area contributed by atoms with Gasteiger partial charge in [-0.25, -0.2) is 0 Å². The summed E-state index contributed by atoms with van der Waals surface area (Å²) < 4.78 is 5.48. The smallest absolute Gasteiger partial charge is 0.223 e. The summed E-state index contributed by atoms with van der Waals surface area (Å²) in [5.74, 6) is 0.266. The van der Waals surface area contributed by atoms with Crippen LogP contribution >= 0.6 is 0 Å². The zero-order chi connectivity index (χ0) is 15.4. The summed E-state index contributed by atoms with van der Waals surface area (Å²) in [6, 6.07) is 6.97. The van der Waals surface area contributed by atoms with Gasteiger partial charge in [-0.3, -0.25) is 4.79 Å². The Morgan fingerprint density at radius 1 is 1.19 bits per heavy atom. The average molecular weight is 289 g/mol. The van der Waals surface area contributed by atoms with Crippen molar-refractivity contribution in [3.63, 3.8) is 0 Å². The number of benzene rings is 1. The quantitative estimate of drug-likeness (QED) is 0.851. The van der Waals surface area contributed by atoms with Crippen LogP contribution in [0.15, 0.2) is 18.2 Å². The van der Waals surface area contributed by atoms with Crippen molar-refractivity contribution in [2.45, 2.75) is 59.0 Å². The molecule has 0 bridgehead atoms. The lowest BCUT2D eigenvalue weighted by molar-refractivity contribution is -0.144. The van der Waals surface area contributed by atoms with E-state index in [1.807, 2.05) is 4.90 Å². The number of hydrogen-bond donors (Lipinski definition) is 0. The van der Waals surface area contributed by atoms with Crippen LogP contribution in [0.4, 0.5) is 0 Å². The minimum absolute atomic E-state index is 0.197. The third-order valence-electron chi connectivity index (χ3n) is 4.38. The van der Waals surface area contributed by atoms with Crippen LogP contribution in [0.5, 0.6) is 0 Å². The van der Waals surface area contributed by atoms with Gasteiger partial charge in [-0.05, 0) is 57.2 Å². The van der Waals surface area contributed by atoms with Crippen molar-refractivity contribution in [1.82, 2.24) is 4.90 Å². The molecule has 1 heterocycles. The molecule has 0 saturated carbocycles. The largest absolute Gasteiger partial charge is 0.377 e. The molecule has 1 aliphatic rings. The SMILES string of the molecule is Cc1ccc(CCCC(=O)N2C(C)COCC2C)cc1C. The van der Waals surface area contributed by atoms with Gasteiger partial charge in [-0.15, -0.1) is 0 Å². The Balaban J connectivity index is 1.84. The van der Waals surface area contributed by atoms with Gasteiger partial charge in [0.1, 0.15) is 0 Å². The predicted octanol–water partition coefficient (Wildman–Crippen LogP) is 3.26. The fraction of sp³-hybridized carbons (Fsp3) is 0.611. The van der Waals surface area contributed by atoms with Crippen molar-refractivity contribution in [1.29, 1.82) is 0 Å². The summed E-state index contributed by atoms with van der Waals surface area (Å²) >= 11 is 0. The van der Waals surface area contributed by atoms with Gasteiger partial charge >= 0.3 is 0 Å². The first-order valence-corrected chi connectivity index (χ1v) is 7.94. The number of hydrogen-bond acceptors (Lipinski definition) is 2. The second kappa shape index (κ2) is 7.08. The molecule has 2 atom stereocenters. The van der Waals surface area contributed by atoms with Crippen molar-refractivity contribution < 1.29 is 9.53 Å². The summed E-state index contributed by atoms with van der Waals surface area (Å²) in [5, 5.41) is 0. The van der Waals surface area contributed by atoms with Crippen molar-refractivity contribution in [2.75, 3.05) is 13.2 Å². The highest BCUT2D eigenvalue weighted by molar-refractivity contribution is 5.77. The molecular formula is C18H27NO2. The van der Waals surface area contributed by atoms with Gasteiger partial charge in [0.25, 0.3) is 0 Å². The third kappa shape index (κ3) is 4.07. The average Bonchev–Trinajstić information content (AvgIpc) is 2.42. The van der Waals surface area contributed by atoms with Gasteiger partial charge in [0.15, 0.2) is 0 Å². The number of aryl methyl sites for hydroxylation is 3. The van der Waals surface area contributed by atoms with E-state index in [0.29, 0.717) is 19.6 Å². The van der Waals surface area contributed by atoms with E-state index in [1.165, 1.54) is 16.7 Å². The topological polar surface area (TPSA) is 29.5 Å². The van der Waals surface area contributed by atoms with Crippen LogP contribution in [-0.2, 0) is 16.0 Å². The van der Waals surface area contributed by atoms with E-state index in [-0.39, 0.29) is 18.0 Å². The third-order valence-corrected chi connectivity index (χ3v) is 4.38. The van der Waals surface area contributed by atoms with Crippen molar-refractivity contribution in [3.8, 4) is 0 Å². The number of morpholine rings is 1. The standard InChI is InChI=1S/C18H27NO2/c1-13-8-9-17(10-14(13)2)6-5-7-18(20)19-15(3)11-21-12-16(19)4/h8-10,15-16H,5-7,11-12H2,1-4H3. The number of nitrogens with zero attached hydrogens (tertiary/aromatic N) is 1. The Hall–Kier alpha value is -1.35. The first kappa shape index (κ1) is 16.0. The first-order valence-electron chi connectivity index (χ1n) is 7.94. The molecule has 1 aliphatic heterocycles. The van der Waals surface area contributed by atoms with E-state index in [9.17, 15) is 4.79 Å². The second-order valence-electron chi connectivity index (χ2n) is 6.31. The van der Waals surface area contributed by atoms with E-state index in [4.69, 9.17) is 4.74 Å². The van der Waals surface area contributed by atoms with Crippen LogP contribution in [0.3, 0.4) is 0 Å². The number of carbonyl (C=O) groups excluding carboxylic acids is 1. The van der Waals surface area contributed by atoms with Gasteiger partial charge in [-0.1, -0.05) is 18.2 Å². The van der Waals surface area contributed by atoms with E-state index in [2.05, 4.69) is 45.9 Å². The highest BCUT2D eigenvalue weighted by Gasteiger charge is 2.28. The molecule has 0 N–H and O–H groups in total. The lowest BCUT2D eigenvalue weighted by atomic mass is 10.0. The van der Waals surface area contributed by atoms with E-state index < -0.39 is 0 Å². The summed E-state index contributed by atoms with van der Waals surface area (Å²) in [6.45, 7) is 9.72. The Bertz CT molecular complexity index is 488. The van der Waals surface area contributed by atoms with Gasteiger partial charge in [-0.2, -0.15) is 0 Å². The lowest BCUT2D eigenvalue weighted by Gasteiger charge is -2.39. The molecule has 1 aromatic rings.